The molecular formula is C24H24N6OS2. The summed E-state index contributed by atoms with van der Waals surface area (Å²) >= 11 is 3.01. The van der Waals surface area contributed by atoms with Gasteiger partial charge in [-0.05, 0) is 60.8 Å². The summed E-state index contributed by atoms with van der Waals surface area (Å²) in [4.78, 5) is 23.7. The molecule has 0 saturated heterocycles. The maximum absolute atomic E-state index is 13.1. The molecule has 0 bridgehead atoms. The van der Waals surface area contributed by atoms with Crippen molar-refractivity contribution in [2.24, 2.45) is 0 Å². The Bertz CT molecular complexity index is 1240. The van der Waals surface area contributed by atoms with Crippen molar-refractivity contribution in [3.63, 3.8) is 0 Å². The molecule has 3 heterocycles. The van der Waals surface area contributed by atoms with Crippen molar-refractivity contribution in [3.05, 3.63) is 70.1 Å². The second-order valence-corrected chi connectivity index (χ2v) is 9.24. The second-order valence-electron chi connectivity index (χ2n) is 7.60. The first kappa shape index (κ1) is 22.8. The van der Waals surface area contributed by atoms with Crippen LogP contribution in [0.25, 0.3) is 21.7 Å². The molecule has 7 nitrogen and oxygen atoms in total. The van der Waals surface area contributed by atoms with Crippen molar-refractivity contribution in [2.75, 3.05) is 37.8 Å². The summed E-state index contributed by atoms with van der Waals surface area (Å²) < 4.78 is 0. The fourth-order valence-electron chi connectivity index (χ4n) is 3.25. The van der Waals surface area contributed by atoms with Crippen LogP contribution in [0.2, 0.25) is 0 Å². The third-order valence-electron chi connectivity index (χ3n) is 4.96. The molecule has 1 aromatic carbocycles. The molecular weight excluding hydrogens is 452 g/mol. The van der Waals surface area contributed by atoms with E-state index in [0.29, 0.717) is 16.9 Å². The maximum atomic E-state index is 13.1. The van der Waals surface area contributed by atoms with E-state index in [4.69, 9.17) is 5.41 Å². The van der Waals surface area contributed by atoms with Crippen molar-refractivity contribution in [1.29, 1.82) is 5.41 Å². The number of thiazole rings is 1. The van der Waals surface area contributed by atoms with E-state index in [9.17, 15) is 4.79 Å². The molecule has 168 valence electrons. The van der Waals surface area contributed by atoms with Crippen LogP contribution in [-0.2, 0) is 0 Å². The fraction of sp³-hybridized carbons (Fsp3) is 0.167. The van der Waals surface area contributed by atoms with Gasteiger partial charge in [0.05, 0.1) is 0 Å². The van der Waals surface area contributed by atoms with E-state index in [-0.39, 0.29) is 5.91 Å². The molecule has 0 aliphatic rings. The highest BCUT2D eigenvalue weighted by Crippen LogP contribution is 2.35. The molecule has 1 amide bonds. The zero-order valence-electron chi connectivity index (χ0n) is 18.3. The van der Waals surface area contributed by atoms with E-state index >= 15 is 0 Å². The second kappa shape index (κ2) is 10.5. The first-order valence-corrected chi connectivity index (χ1v) is 12.1. The van der Waals surface area contributed by atoms with Gasteiger partial charge < -0.3 is 20.9 Å². The van der Waals surface area contributed by atoms with Gasteiger partial charge in [0, 0.05) is 65.1 Å². The van der Waals surface area contributed by atoms with Crippen LogP contribution >= 0.6 is 22.7 Å². The predicted octanol–water partition coefficient (Wildman–Crippen LogP) is 5.16. The lowest BCUT2D eigenvalue weighted by atomic mass is 10.0. The van der Waals surface area contributed by atoms with Crippen LogP contribution in [0.4, 0.5) is 11.4 Å². The average Bonchev–Trinajstić information content (AvgIpc) is 3.52. The Hall–Kier alpha value is -3.40. The molecule has 0 fully saturated rings. The van der Waals surface area contributed by atoms with Gasteiger partial charge in [0.25, 0.3) is 5.91 Å². The number of thiophene rings is 1. The smallest absolute Gasteiger partial charge is 0.275 e. The highest BCUT2D eigenvalue weighted by atomic mass is 32.1. The van der Waals surface area contributed by atoms with Gasteiger partial charge in [0.15, 0.2) is 0 Å². The molecule has 0 saturated carbocycles. The van der Waals surface area contributed by atoms with Gasteiger partial charge in [0.2, 0.25) is 0 Å². The van der Waals surface area contributed by atoms with Crippen LogP contribution in [0.5, 0.6) is 0 Å². The molecule has 3 aromatic heterocycles. The van der Waals surface area contributed by atoms with E-state index in [0.717, 1.165) is 40.5 Å². The van der Waals surface area contributed by atoms with Crippen LogP contribution in [0, 0.1) is 5.41 Å². The van der Waals surface area contributed by atoms with Gasteiger partial charge in [-0.15, -0.1) is 11.3 Å². The first-order chi connectivity index (χ1) is 16.0. The zero-order chi connectivity index (χ0) is 23.2. The third-order valence-corrected chi connectivity index (χ3v) is 6.54. The Morgan fingerprint density at radius 1 is 1.12 bits per heavy atom. The molecule has 33 heavy (non-hydrogen) atoms. The number of hydrogen-bond acceptors (Lipinski definition) is 8. The number of rotatable bonds is 9. The van der Waals surface area contributed by atoms with Crippen LogP contribution < -0.4 is 10.6 Å². The maximum Gasteiger partial charge on any atom is 0.275 e. The Labute approximate surface area is 200 Å². The minimum Gasteiger partial charge on any atom is -0.383 e. The topological polar surface area (TPSA) is 94.0 Å². The summed E-state index contributed by atoms with van der Waals surface area (Å²) in [6.45, 7) is 1.62. The van der Waals surface area contributed by atoms with Crippen molar-refractivity contribution in [1.82, 2.24) is 14.9 Å². The SMILES string of the molecule is CN(C)CCNc1cc(-c2ccsc2)c(NC(=O)c2csc(-c3ccncc3)n2)cc1C=N. The lowest BCUT2D eigenvalue weighted by molar-refractivity contribution is 0.102. The van der Waals surface area contributed by atoms with Gasteiger partial charge in [-0.2, -0.15) is 11.3 Å². The van der Waals surface area contributed by atoms with Crippen molar-refractivity contribution in [3.8, 4) is 21.7 Å². The van der Waals surface area contributed by atoms with Crippen molar-refractivity contribution >= 4 is 46.2 Å². The van der Waals surface area contributed by atoms with E-state index in [2.05, 4.69) is 25.5 Å². The number of nitrogens with one attached hydrogen (secondary N) is 3. The number of benzene rings is 1. The molecule has 3 N–H and O–H groups in total. The molecule has 9 heteroatoms. The molecule has 0 spiro atoms. The Morgan fingerprint density at radius 3 is 2.64 bits per heavy atom. The molecule has 0 aliphatic heterocycles. The van der Waals surface area contributed by atoms with Gasteiger partial charge in [0.1, 0.15) is 10.7 Å². The number of pyridine rings is 1. The highest BCUT2D eigenvalue weighted by molar-refractivity contribution is 7.13. The fourth-order valence-corrected chi connectivity index (χ4v) is 4.72. The Balaban J connectivity index is 1.63. The minimum absolute atomic E-state index is 0.285. The molecule has 0 aliphatic carbocycles. The van der Waals surface area contributed by atoms with Gasteiger partial charge in [-0.1, -0.05) is 0 Å². The molecule has 0 atom stereocenters. The van der Waals surface area contributed by atoms with Crippen LogP contribution in [0.1, 0.15) is 16.1 Å². The summed E-state index contributed by atoms with van der Waals surface area (Å²) in [7, 11) is 4.04. The minimum atomic E-state index is -0.285. The number of aromatic nitrogens is 2. The molecule has 0 unspecified atom stereocenters. The van der Waals surface area contributed by atoms with Gasteiger partial charge >= 0.3 is 0 Å². The normalized spacial score (nSPS) is 10.9. The van der Waals surface area contributed by atoms with Crippen LogP contribution in [0.3, 0.4) is 0 Å². The van der Waals surface area contributed by atoms with E-state index in [1.165, 1.54) is 17.6 Å². The van der Waals surface area contributed by atoms with Gasteiger partial charge in [-0.25, -0.2) is 4.98 Å². The summed E-state index contributed by atoms with van der Waals surface area (Å²) in [5, 5.41) is 20.9. The number of carbonyl (C=O) groups excluding carboxylic acids is 1. The standard InChI is InChI=1S/C24H24N6OS2/c1-30(2)9-8-27-20-12-19(17-5-10-32-14-17)21(11-18(20)13-25)28-23(31)22-15-33-24(29-22)16-3-6-26-7-4-16/h3-7,10-15,25,27H,8-9H2,1-2H3,(H,28,31). The van der Waals surface area contributed by atoms with Crippen molar-refractivity contribution in [2.45, 2.75) is 0 Å². The molecule has 4 rings (SSSR count). The Morgan fingerprint density at radius 2 is 1.94 bits per heavy atom. The summed E-state index contributed by atoms with van der Waals surface area (Å²) in [6, 6.07) is 9.60. The van der Waals surface area contributed by atoms with E-state index in [1.54, 1.807) is 29.1 Å². The lowest BCUT2D eigenvalue weighted by Gasteiger charge is -2.17. The predicted molar refractivity (Wildman–Crippen MR) is 138 cm³/mol. The lowest BCUT2D eigenvalue weighted by Crippen LogP contribution is -2.21. The number of carbonyl (C=O) groups is 1. The third kappa shape index (κ3) is 5.51. The van der Waals surface area contributed by atoms with E-state index in [1.807, 2.05) is 55.2 Å². The van der Waals surface area contributed by atoms with Gasteiger partial charge in [-0.3, -0.25) is 9.78 Å². The largest absolute Gasteiger partial charge is 0.383 e. The average molecular weight is 477 g/mol. The highest BCUT2D eigenvalue weighted by Gasteiger charge is 2.17. The number of anilines is 2. The molecule has 0 radical (unpaired) electrons. The Kier molecular flexibility index (Phi) is 7.23. The van der Waals surface area contributed by atoms with Crippen LogP contribution in [0.15, 0.2) is 58.9 Å². The summed E-state index contributed by atoms with van der Waals surface area (Å²) in [5.41, 5.74) is 5.40. The van der Waals surface area contributed by atoms with Crippen molar-refractivity contribution < 1.29 is 4.79 Å². The first-order valence-electron chi connectivity index (χ1n) is 10.3. The molecule has 4 aromatic rings. The number of nitrogens with zero attached hydrogens (tertiary/aromatic N) is 3. The number of hydrogen-bond donors (Lipinski definition) is 3. The van der Waals surface area contributed by atoms with E-state index < -0.39 is 0 Å². The summed E-state index contributed by atoms with van der Waals surface area (Å²) in [6.07, 6.45) is 4.71. The monoisotopic (exact) mass is 476 g/mol. The van der Waals surface area contributed by atoms with Crippen LogP contribution in [-0.4, -0.2) is 54.2 Å². The number of likely N-dealkylation sites (N-methyl/N-ethyl adjacent to an activating group) is 1. The zero-order valence-corrected chi connectivity index (χ0v) is 20.0. The number of amides is 1. The quantitative estimate of drug-likeness (QED) is 0.290. The summed E-state index contributed by atoms with van der Waals surface area (Å²) in [5.74, 6) is -0.285.